The second-order valence-corrected chi connectivity index (χ2v) is 8.08. The van der Waals surface area contributed by atoms with Gasteiger partial charge < -0.3 is 10.5 Å². The van der Waals surface area contributed by atoms with Gasteiger partial charge in [0.1, 0.15) is 11.4 Å². The quantitative estimate of drug-likeness (QED) is 0.909. The second kappa shape index (κ2) is 4.99. The van der Waals surface area contributed by atoms with Crippen LogP contribution in [0.15, 0.2) is 18.2 Å². The molecule has 0 bridgehead atoms. The van der Waals surface area contributed by atoms with E-state index in [9.17, 15) is 0 Å². The van der Waals surface area contributed by atoms with E-state index in [1.54, 1.807) is 0 Å². The van der Waals surface area contributed by atoms with Gasteiger partial charge in [-0.05, 0) is 42.9 Å². The molecule has 0 amide bonds. The Kier molecular flexibility index (Phi) is 3.53. The molecule has 1 aromatic carbocycles. The highest BCUT2D eigenvalue weighted by molar-refractivity contribution is 5.41. The van der Waals surface area contributed by atoms with Crippen LogP contribution < -0.4 is 10.5 Å². The highest BCUT2D eigenvalue weighted by Crippen LogP contribution is 2.36. The van der Waals surface area contributed by atoms with E-state index in [4.69, 9.17) is 10.5 Å². The van der Waals surface area contributed by atoms with Crippen molar-refractivity contribution in [3.8, 4) is 5.75 Å². The molecule has 0 radical (unpaired) electrons. The number of piperidine rings is 1. The molecule has 21 heavy (non-hydrogen) atoms. The number of hydrogen-bond donors (Lipinski definition) is 1. The highest BCUT2D eigenvalue weighted by atomic mass is 16.5. The zero-order valence-electron chi connectivity index (χ0n) is 13.8. The Morgan fingerprint density at radius 1 is 1.29 bits per heavy atom. The van der Waals surface area contributed by atoms with Crippen molar-refractivity contribution in [3.63, 3.8) is 0 Å². The van der Waals surface area contributed by atoms with Crippen LogP contribution in [0.3, 0.4) is 0 Å². The molecule has 2 aliphatic heterocycles. The van der Waals surface area contributed by atoms with E-state index in [-0.39, 0.29) is 11.0 Å². The van der Waals surface area contributed by atoms with E-state index >= 15 is 0 Å². The maximum absolute atomic E-state index is 6.23. The molecule has 3 rings (SSSR count). The number of likely N-dealkylation sites (tertiary alicyclic amines) is 1. The summed E-state index contributed by atoms with van der Waals surface area (Å²) in [5.74, 6) is 1.06. The van der Waals surface area contributed by atoms with Crippen LogP contribution in [0.25, 0.3) is 0 Å². The molecule has 1 atom stereocenters. The van der Waals surface area contributed by atoms with Crippen LogP contribution in [0.2, 0.25) is 0 Å². The minimum absolute atomic E-state index is 0.0547. The van der Waals surface area contributed by atoms with Crippen molar-refractivity contribution in [1.82, 2.24) is 4.90 Å². The van der Waals surface area contributed by atoms with Crippen LogP contribution in [-0.2, 0) is 13.0 Å². The van der Waals surface area contributed by atoms with E-state index in [1.807, 2.05) is 0 Å². The smallest absolute Gasteiger partial charge is 0.123 e. The van der Waals surface area contributed by atoms with Crippen molar-refractivity contribution in [2.45, 2.75) is 58.7 Å². The Bertz CT molecular complexity index is 536. The first kappa shape index (κ1) is 14.9. The molecule has 3 heteroatoms. The standard InChI is InChI=1S/C18H28N2O/c1-17(2)12-20(8-7-16(17)19)11-13-5-6-15-14(9-13)10-18(3,4)21-15/h5-6,9,16H,7-8,10-12,19H2,1-4H3. The first-order valence-electron chi connectivity index (χ1n) is 8.04. The van der Waals surface area contributed by atoms with Gasteiger partial charge in [0.05, 0.1) is 0 Å². The van der Waals surface area contributed by atoms with Crippen LogP contribution in [0.5, 0.6) is 5.75 Å². The van der Waals surface area contributed by atoms with E-state index in [1.165, 1.54) is 11.1 Å². The van der Waals surface area contributed by atoms with Crippen LogP contribution in [0, 0.1) is 5.41 Å². The summed E-state index contributed by atoms with van der Waals surface area (Å²) in [5, 5.41) is 0. The van der Waals surface area contributed by atoms with Crippen LogP contribution in [0.1, 0.15) is 45.2 Å². The van der Waals surface area contributed by atoms with Gasteiger partial charge in [0.25, 0.3) is 0 Å². The first-order valence-corrected chi connectivity index (χ1v) is 8.04. The van der Waals surface area contributed by atoms with Crippen molar-refractivity contribution in [2.75, 3.05) is 13.1 Å². The molecule has 1 saturated heterocycles. The van der Waals surface area contributed by atoms with Crippen molar-refractivity contribution >= 4 is 0 Å². The maximum atomic E-state index is 6.23. The van der Waals surface area contributed by atoms with Crippen molar-refractivity contribution < 1.29 is 4.74 Å². The number of ether oxygens (including phenoxy) is 1. The van der Waals surface area contributed by atoms with Gasteiger partial charge in [-0.25, -0.2) is 0 Å². The summed E-state index contributed by atoms with van der Waals surface area (Å²) in [5.41, 5.74) is 9.12. The third kappa shape index (κ3) is 3.09. The van der Waals surface area contributed by atoms with Gasteiger partial charge in [0.2, 0.25) is 0 Å². The Labute approximate surface area is 128 Å². The number of benzene rings is 1. The number of fused-ring (bicyclic) bond motifs is 1. The molecule has 1 fully saturated rings. The maximum Gasteiger partial charge on any atom is 0.123 e. The van der Waals surface area contributed by atoms with E-state index in [0.717, 1.165) is 38.2 Å². The lowest BCUT2D eigenvalue weighted by Gasteiger charge is -2.42. The average Bonchev–Trinajstić information content (AvgIpc) is 2.67. The number of nitrogens with zero attached hydrogens (tertiary/aromatic N) is 1. The molecule has 0 saturated carbocycles. The Balaban J connectivity index is 1.70. The van der Waals surface area contributed by atoms with E-state index in [2.05, 4.69) is 50.8 Å². The topological polar surface area (TPSA) is 38.5 Å². The SMILES string of the molecule is CC1(C)Cc2cc(CN3CCC(N)C(C)(C)C3)ccc2O1. The second-order valence-electron chi connectivity index (χ2n) is 8.08. The van der Waals surface area contributed by atoms with Crippen molar-refractivity contribution in [1.29, 1.82) is 0 Å². The lowest BCUT2D eigenvalue weighted by atomic mass is 9.79. The molecule has 0 aliphatic carbocycles. The minimum Gasteiger partial charge on any atom is -0.487 e. The normalized spacial score (nSPS) is 27.2. The van der Waals surface area contributed by atoms with Gasteiger partial charge in [-0.3, -0.25) is 4.90 Å². The third-order valence-electron chi connectivity index (χ3n) is 4.92. The largest absolute Gasteiger partial charge is 0.487 e. The summed E-state index contributed by atoms with van der Waals surface area (Å²) in [7, 11) is 0. The van der Waals surface area contributed by atoms with E-state index < -0.39 is 0 Å². The van der Waals surface area contributed by atoms with Crippen molar-refractivity contribution in [2.24, 2.45) is 11.1 Å². The molecule has 3 nitrogen and oxygen atoms in total. The lowest BCUT2D eigenvalue weighted by Crippen LogP contribution is -2.52. The van der Waals surface area contributed by atoms with Crippen molar-refractivity contribution in [3.05, 3.63) is 29.3 Å². The fourth-order valence-corrected chi connectivity index (χ4v) is 3.64. The summed E-state index contributed by atoms with van der Waals surface area (Å²) in [6, 6.07) is 7.00. The predicted molar refractivity (Wildman–Crippen MR) is 86.5 cm³/mol. The zero-order chi connectivity index (χ0) is 15.3. The van der Waals surface area contributed by atoms with Crippen LogP contribution in [0.4, 0.5) is 0 Å². The van der Waals surface area contributed by atoms with E-state index in [0.29, 0.717) is 6.04 Å². The Hall–Kier alpha value is -1.06. The molecule has 2 heterocycles. The number of nitrogens with two attached hydrogens (primary N) is 1. The fraction of sp³-hybridized carbons (Fsp3) is 0.667. The number of hydrogen-bond acceptors (Lipinski definition) is 3. The summed E-state index contributed by atoms with van der Waals surface area (Å²) >= 11 is 0. The molecule has 2 N–H and O–H groups in total. The zero-order valence-corrected chi connectivity index (χ0v) is 13.8. The van der Waals surface area contributed by atoms with Crippen LogP contribution >= 0.6 is 0 Å². The third-order valence-corrected chi connectivity index (χ3v) is 4.92. The predicted octanol–water partition coefficient (Wildman–Crippen LogP) is 2.96. The fourth-order valence-electron chi connectivity index (χ4n) is 3.64. The molecule has 0 spiro atoms. The van der Waals surface area contributed by atoms with Gasteiger partial charge in [-0.15, -0.1) is 0 Å². The van der Waals surface area contributed by atoms with Gasteiger partial charge in [-0.2, -0.15) is 0 Å². The lowest BCUT2D eigenvalue weighted by molar-refractivity contribution is 0.0898. The monoisotopic (exact) mass is 288 g/mol. The summed E-state index contributed by atoms with van der Waals surface area (Å²) in [4.78, 5) is 2.53. The molecule has 2 aliphatic rings. The van der Waals surface area contributed by atoms with Gasteiger partial charge in [0.15, 0.2) is 0 Å². The molecule has 1 unspecified atom stereocenters. The molecule has 116 valence electrons. The van der Waals surface area contributed by atoms with Gasteiger partial charge >= 0.3 is 0 Å². The van der Waals surface area contributed by atoms with Crippen LogP contribution in [-0.4, -0.2) is 29.6 Å². The Morgan fingerprint density at radius 3 is 2.76 bits per heavy atom. The highest BCUT2D eigenvalue weighted by Gasteiger charge is 2.34. The summed E-state index contributed by atoms with van der Waals surface area (Å²) in [6.07, 6.45) is 2.10. The molecule has 0 aromatic heterocycles. The minimum atomic E-state index is -0.0547. The van der Waals surface area contributed by atoms with Gasteiger partial charge in [-0.1, -0.05) is 26.0 Å². The molecule has 1 aromatic rings. The molecular formula is C18H28N2O. The summed E-state index contributed by atoms with van der Waals surface area (Å²) < 4.78 is 5.96. The first-order chi connectivity index (χ1) is 9.75. The summed E-state index contributed by atoms with van der Waals surface area (Å²) in [6.45, 7) is 12.1. The molecular weight excluding hydrogens is 260 g/mol. The Morgan fingerprint density at radius 2 is 2.05 bits per heavy atom. The average molecular weight is 288 g/mol. The van der Waals surface area contributed by atoms with Gasteiger partial charge in [0, 0.05) is 32.1 Å². The number of rotatable bonds is 2.